The number of hydrogen-bond acceptors (Lipinski definition) is 3. The zero-order chi connectivity index (χ0) is 10.7. The van der Waals surface area contributed by atoms with Gasteiger partial charge in [0, 0.05) is 19.1 Å². The van der Waals surface area contributed by atoms with E-state index in [1.165, 1.54) is 24.8 Å². The topological polar surface area (TPSA) is 29.3 Å². The number of nitrogens with two attached hydrogens (primary N) is 1. The Hall–Kier alpha value is -0.380. The molecule has 1 fully saturated rings. The number of hydrogen-bond donors (Lipinski definition) is 1. The summed E-state index contributed by atoms with van der Waals surface area (Å²) in [5, 5.41) is 4.37. The Balaban J connectivity index is 1.79. The molecule has 1 aliphatic rings. The van der Waals surface area contributed by atoms with Gasteiger partial charge >= 0.3 is 0 Å². The molecule has 1 aliphatic carbocycles. The van der Waals surface area contributed by atoms with Crippen molar-refractivity contribution < 1.29 is 0 Å². The Morgan fingerprint density at radius 3 is 3.00 bits per heavy atom. The molecule has 1 saturated carbocycles. The molecule has 1 aromatic rings. The van der Waals surface area contributed by atoms with Crippen molar-refractivity contribution in [3.63, 3.8) is 0 Å². The molecule has 2 nitrogen and oxygen atoms in total. The van der Waals surface area contributed by atoms with Gasteiger partial charge in [0.15, 0.2) is 0 Å². The standard InChI is InChI=1S/C12H20N2S/c1-14(7-10-5-6-15-9-10)8-11-3-2-4-12(11)13/h5-6,9,11-12H,2-4,7-8,13H2,1H3. The first kappa shape index (κ1) is 11.1. The quantitative estimate of drug-likeness (QED) is 0.850. The lowest BCUT2D eigenvalue weighted by Gasteiger charge is -2.23. The second-order valence-corrected chi connectivity index (χ2v) is 5.46. The molecule has 0 bridgehead atoms. The Bertz CT molecular complexity index is 284. The van der Waals surface area contributed by atoms with Gasteiger partial charge in [-0.1, -0.05) is 6.42 Å². The minimum atomic E-state index is 0.440. The number of rotatable bonds is 4. The van der Waals surface area contributed by atoms with Crippen LogP contribution in [0, 0.1) is 5.92 Å². The van der Waals surface area contributed by atoms with Crippen LogP contribution in [0.4, 0.5) is 0 Å². The van der Waals surface area contributed by atoms with Crippen molar-refractivity contribution in [3.8, 4) is 0 Å². The molecule has 2 N–H and O–H groups in total. The Morgan fingerprint density at radius 1 is 1.53 bits per heavy atom. The zero-order valence-electron chi connectivity index (χ0n) is 9.36. The van der Waals surface area contributed by atoms with Gasteiger partial charge in [-0.25, -0.2) is 0 Å². The summed E-state index contributed by atoms with van der Waals surface area (Å²) in [6, 6.07) is 2.64. The Kier molecular flexibility index (Phi) is 3.78. The van der Waals surface area contributed by atoms with Crippen LogP contribution in [0.3, 0.4) is 0 Å². The SMILES string of the molecule is CN(Cc1ccsc1)CC1CCCC1N. The van der Waals surface area contributed by atoms with Crippen LogP contribution in [-0.2, 0) is 6.54 Å². The van der Waals surface area contributed by atoms with Gasteiger partial charge in [0.05, 0.1) is 0 Å². The van der Waals surface area contributed by atoms with E-state index in [-0.39, 0.29) is 0 Å². The largest absolute Gasteiger partial charge is 0.327 e. The van der Waals surface area contributed by atoms with Crippen LogP contribution in [0.15, 0.2) is 16.8 Å². The van der Waals surface area contributed by atoms with Crippen molar-refractivity contribution >= 4 is 11.3 Å². The Morgan fingerprint density at radius 2 is 2.40 bits per heavy atom. The van der Waals surface area contributed by atoms with E-state index >= 15 is 0 Å². The highest BCUT2D eigenvalue weighted by Crippen LogP contribution is 2.24. The van der Waals surface area contributed by atoms with Crippen LogP contribution in [0.25, 0.3) is 0 Å². The van der Waals surface area contributed by atoms with E-state index < -0.39 is 0 Å². The summed E-state index contributed by atoms with van der Waals surface area (Å²) in [6.07, 6.45) is 3.85. The molecule has 0 radical (unpaired) electrons. The third-order valence-electron chi connectivity index (χ3n) is 3.30. The van der Waals surface area contributed by atoms with E-state index in [1.807, 2.05) is 0 Å². The smallest absolute Gasteiger partial charge is 0.0239 e. The Labute approximate surface area is 96.1 Å². The van der Waals surface area contributed by atoms with Crippen LogP contribution < -0.4 is 5.73 Å². The molecule has 2 atom stereocenters. The maximum absolute atomic E-state index is 6.08. The zero-order valence-corrected chi connectivity index (χ0v) is 10.2. The van der Waals surface area contributed by atoms with Gasteiger partial charge in [-0.2, -0.15) is 11.3 Å². The molecular formula is C12H20N2S. The lowest BCUT2D eigenvalue weighted by Crippen LogP contribution is -2.33. The predicted molar refractivity (Wildman–Crippen MR) is 66.0 cm³/mol. The van der Waals surface area contributed by atoms with Crippen molar-refractivity contribution in [2.75, 3.05) is 13.6 Å². The first-order valence-corrected chi connectivity index (χ1v) is 6.65. The molecule has 0 spiro atoms. The normalized spacial score (nSPS) is 26.3. The maximum atomic E-state index is 6.08. The monoisotopic (exact) mass is 224 g/mol. The summed E-state index contributed by atoms with van der Waals surface area (Å²) >= 11 is 1.77. The van der Waals surface area contributed by atoms with Gasteiger partial charge in [0.25, 0.3) is 0 Å². The van der Waals surface area contributed by atoms with Gasteiger partial charge in [-0.05, 0) is 48.2 Å². The van der Waals surface area contributed by atoms with Crippen LogP contribution >= 0.6 is 11.3 Å². The summed E-state index contributed by atoms with van der Waals surface area (Å²) < 4.78 is 0. The van der Waals surface area contributed by atoms with Gasteiger partial charge in [0.1, 0.15) is 0 Å². The molecule has 0 aromatic carbocycles. The van der Waals surface area contributed by atoms with E-state index in [2.05, 4.69) is 28.8 Å². The van der Waals surface area contributed by atoms with Crippen LogP contribution in [-0.4, -0.2) is 24.5 Å². The fourth-order valence-electron chi connectivity index (χ4n) is 2.45. The average Bonchev–Trinajstić information content (AvgIpc) is 2.79. The second kappa shape index (κ2) is 5.10. The average molecular weight is 224 g/mol. The summed E-state index contributed by atoms with van der Waals surface area (Å²) in [5.74, 6) is 0.716. The maximum Gasteiger partial charge on any atom is 0.0239 e. The molecule has 3 heteroatoms. The summed E-state index contributed by atoms with van der Waals surface area (Å²) in [5.41, 5.74) is 7.50. The number of thiophene rings is 1. The minimum absolute atomic E-state index is 0.440. The van der Waals surface area contributed by atoms with Gasteiger partial charge in [0.2, 0.25) is 0 Å². The van der Waals surface area contributed by atoms with Gasteiger partial charge in [-0.15, -0.1) is 0 Å². The van der Waals surface area contributed by atoms with Gasteiger partial charge < -0.3 is 10.6 Å². The summed E-state index contributed by atoms with van der Waals surface area (Å²) in [6.45, 7) is 2.21. The van der Waals surface area contributed by atoms with E-state index in [4.69, 9.17) is 5.73 Å². The molecule has 0 saturated heterocycles. The van der Waals surface area contributed by atoms with Crippen LogP contribution in [0.2, 0.25) is 0 Å². The molecule has 0 aliphatic heterocycles. The van der Waals surface area contributed by atoms with E-state index in [0.29, 0.717) is 12.0 Å². The summed E-state index contributed by atoms with van der Waals surface area (Å²) in [7, 11) is 2.20. The van der Waals surface area contributed by atoms with E-state index in [0.717, 1.165) is 13.1 Å². The molecule has 2 rings (SSSR count). The molecule has 2 unspecified atom stereocenters. The fraction of sp³-hybridized carbons (Fsp3) is 0.667. The second-order valence-electron chi connectivity index (χ2n) is 4.68. The summed E-state index contributed by atoms with van der Waals surface area (Å²) in [4.78, 5) is 2.40. The fourth-order valence-corrected chi connectivity index (χ4v) is 3.11. The van der Waals surface area contributed by atoms with Crippen molar-refractivity contribution in [1.29, 1.82) is 0 Å². The minimum Gasteiger partial charge on any atom is -0.327 e. The molecule has 84 valence electrons. The van der Waals surface area contributed by atoms with Crippen LogP contribution in [0.1, 0.15) is 24.8 Å². The first-order valence-electron chi connectivity index (χ1n) is 5.71. The molecule has 0 amide bonds. The van der Waals surface area contributed by atoms with Crippen molar-refractivity contribution in [2.45, 2.75) is 31.8 Å². The first-order chi connectivity index (χ1) is 7.25. The lowest BCUT2D eigenvalue weighted by atomic mass is 10.0. The molecule has 1 heterocycles. The van der Waals surface area contributed by atoms with Crippen molar-refractivity contribution in [3.05, 3.63) is 22.4 Å². The predicted octanol–water partition coefficient (Wildman–Crippen LogP) is 2.31. The highest BCUT2D eigenvalue weighted by Gasteiger charge is 2.24. The van der Waals surface area contributed by atoms with Crippen molar-refractivity contribution in [1.82, 2.24) is 4.90 Å². The highest BCUT2D eigenvalue weighted by molar-refractivity contribution is 7.07. The highest BCUT2D eigenvalue weighted by atomic mass is 32.1. The molecule has 15 heavy (non-hydrogen) atoms. The van der Waals surface area contributed by atoms with Crippen LogP contribution in [0.5, 0.6) is 0 Å². The number of nitrogens with zero attached hydrogens (tertiary/aromatic N) is 1. The van der Waals surface area contributed by atoms with E-state index in [1.54, 1.807) is 11.3 Å². The third kappa shape index (κ3) is 3.03. The lowest BCUT2D eigenvalue weighted by molar-refractivity contribution is 0.259. The molecule has 1 aromatic heterocycles. The van der Waals surface area contributed by atoms with Gasteiger partial charge in [-0.3, -0.25) is 0 Å². The molecular weight excluding hydrogens is 204 g/mol. The van der Waals surface area contributed by atoms with E-state index in [9.17, 15) is 0 Å². The third-order valence-corrected chi connectivity index (χ3v) is 4.03. The van der Waals surface area contributed by atoms with Crippen molar-refractivity contribution in [2.24, 2.45) is 11.7 Å².